The first kappa shape index (κ1) is 20.8. The van der Waals surface area contributed by atoms with Gasteiger partial charge in [-0.1, -0.05) is 58.4 Å². The fourth-order valence-electron chi connectivity index (χ4n) is 3.21. The molecule has 0 bridgehead atoms. The zero-order chi connectivity index (χ0) is 21.8. The number of halogens is 1. The fourth-order valence-corrected chi connectivity index (χ4v) is 3.57. The Morgan fingerprint density at radius 3 is 2.35 bits per heavy atom. The van der Waals surface area contributed by atoms with E-state index in [-0.39, 0.29) is 6.61 Å². The van der Waals surface area contributed by atoms with Crippen LogP contribution in [0.2, 0.25) is 0 Å². The molecular formula is C25H18BrNO4. The van der Waals surface area contributed by atoms with Crippen LogP contribution < -0.4 is 0 Å². The van der Waals surface area contributed by atoms with Gasteiger partial charge in [-0.25, -0.2) is 14.6 Å². The quantitative estimate of drug-likeness (QED) is 0.340. The summed E-state index contributed by atoms with van der Waals surface area (Å²) < 4.78 is 11.1. The first-order valence-electron chi connectivity index (χ1n) is 9.55. The predicted octanol–water partition coefficient (Wildman–Crippen LogP) is 5.81. The SMILES string of the molecule is COC(=O)c1ccc(COC(=O)c2cc(-c3ccccc3)nc3ccc(Br)cc23)cc1. The molecule has 1 aromatic heterocycles. The van der Waals surface area contributed by atoms with Gasteiger partial charge in [-0.3, -0.25) is 0 Å². The summed E-state index contributed by atoms with van der Waals surface area (Å²) in [4.78, 5) is 29.3. The first-order chi connectivity index (χ1) is 15.0. The van der Waals surface area contributed by atoms with E-state index in [9.17, 15) is 9.59 Å². The number of ether oxygens (including phenoxy) is 2. The Bertz CT molecular complexity index is 1250. The highest BCUT2D eigenvalue weighted by atomic mass is 79.9. The summed E-state index contributed by atoms with van der Waals surface area (Å²) in [6.45, 7) is 0.0821. The number of rotatable bonds is 5. The molecule has 0 aliphatic heterocycles. The molecule has 0 saturated carbocycles. The highest BCUT2D eigenvalue weighted by Gasteiger charge is 2.16. The normalized spacial score (nSPS) is 10.6. The minimum atomic E-state index is -0.445. The molecule has 0 aliphatic carbocycles. The number of methoxy groups -OCH3 is 1. The van der Waals surface area contributed by atoms with Crippen molar-refractivity contribution in [3.05, 3.63) is 100 Å². The number of hydrogen-bond donors (Lipinski definition) is 0. The van der Waals surface area contributed by atoms with Crippen molar-refractivity contribution in [2.45, 2.75) is 6.61 Å². The van der Waals surface area contributed by atoms with Crippen molar-refractivity contribution in [1.29, 1.82) is 0 Å². The summed E-state index contributed by atoms with van der Waals surface area (Å²) in [5, 5.41) is 0.708. The number of esters is 2. The number of aromatic nitrogens is 1. The maximum absolute atomic E-state index is 13.0. The second-order valence-electron chi connectivity index (χ2n) is 6.85. The molecule has 0 atom stereocenters. The molecule has 4 aromatic rings. The second kappa shape index (κ2) is 9.10. The number of carbonyl (C=O) groups is 2. The third kappa shape index (κ3) is 4.64. The van der Waals surface area contributed by atoms with Crippen LogP contribution in [0.3, 0.4) is 0 Å². The zero-order valence-electron chi connectivity index (χ0n) is 16.7. The average molecular weight is 476 g/mol. The molecule has 5 nitrogen and oxygen atoms in total. The maximum Gasteiger partial charge on any atom is 0.339 e. The van der Waals surface area contributed by atoms with E-state index in [2.05, 4.69) is 15.9 Å². The Morgan fingerprint density at radius 2 is 1.65 bits per heavy atom. The molecule has 0 radical (unpaired) electrons. The standard InChI is InChI=1S/C25H18BrNO4/c1-30-24(28)18-9-7-16(8-10-18)15-31-25(29)21-14-23(17-5-3-2-4-6-17)27-22-12-11-19(26)13-20(21)22/h2-14H,15H2,1H3. The zero-order valence-corrected chi connectivity index (χ0v) is 18.3. The third-order valence-electron chi connectivity index (χ3n) is 4.81. The highest BCUT2D eigenvalue weighted by molar-refractivity contribution is 9.10. The van der Waals surface area contributed by atoms with E-state index < -0.39 is 11.9 Å². The Hall–Kier alpha value is -3.51. The van der Waals surface area contributed by atoms with Crippen LogP contribution in [0.25, 0.3) is 22.2 Å². The summed E-state index contributed by atoms with van der Waals surface area (Å²) >= 11 is 3.46. The molecular weight excluding hydrogens is 458 g/mol. The van der Waals surface area contributed by atoms with Crippen molar-refractivity contribution >= 4 is 38.8 Å². The van der Waals surface area contributed by atoms with Crippen LogP contribution in [0.4, 0.5) is 0 Å². The van der Waals surface area contributed by atoms with E-state index in [1.54, 1.807) is 30.3 Å². The number of hydrogen-bond acceptors (Lipinski definition) is 5. The fraction of sp³-hybridized carbons (Fsp3) is 0.0800. The van der Waals surface area contributed by atoms with Crippen LogP contribution in [0.1, 0.15) is 26.3 Å². The molecule has 0 N–H and O–H groups in total. The molecule has 3 aromatic carbocycles. The molecule has 0 amide bonds. The van der Waals surface area contributed by atoms with E-state index in [1.807, 2.05) is 48.5 Å². The Morgan fingerprint density at radius 1 is 0.903 bits per heavy atom. The molecule has 1 heterocycles. The summed E-state index contributed by atoms with van der Waals surface area (Å²) in [6, 6.07) is 23.8. The minimum Gasteiger partial charge on any atom is -0.465 e. The van der Waals surface area contributed by atoms with Crippen molar-refractivity contribution in [2.24, 2.45) is 0 Å². The van der Waals surface area contributed by atoms with E-state index in [0.717, 1.165) is 15.6 Å². The maximum atomic E-state index is 13.0. The number of carbonyl (C=O) groups excluding carboxylic acids is 2. The van der Waals surface area contributed by atoms with E-state index in [1.165, 1.54) is 7.11 Å². The van der Waals surface area contributed by atoms with Gasteiger partial charge in [-0.05, 0) is 42.0 Å². The van der Waals surface area contributed by atoms with Gasteiger partial charge in [0, 0.05) is 15.4 Å². The lowest BCUT2D eigenvalue weighted by Crippen LogP contribution is -2.08. The van der Waals surface area contributed by atoms with Gasteiger partial charge < -0.3 is 9.47 Å². The molecule has 4 rings (SSSR count). The molecule has 31 heavy (non-hydrogen) atoms. The van der Waals surface area contributed by atoms with Crippen LogP contribution >= 0.6 is 15.9 Å². The predicted molar refractivity (Wildman–Crippen MR) is 122 cm³/mol. The molecule has 6 heteroatoms. The van der Waals surface area contributed by atoms with Crippen molar-refractivity contribution in [2.75, 3.05) is 7.11 Å². The van der Waals surface area contributed by atoms with Gasteiger partial charge in [-0.2, -0.15) is 0 Å². The van der Waals surface area contributed by atoms with Gasteiger partial charge in [0.05, 0.1) is 29.4 Å². The van der Waals surface area contributed by atoms with Gasteiger partial charge in [0.2, 0.25) is 0 Å². The number of nitrogens with zero attached hydrogens (tertiary/aromatic N) is 1. The summed E-state index contributed by atoms with van der Waals surface area (Å²) in [5.74, 6) is -0.856. The minimum absolute atomic E-state index is 0.0821. The highest BCUT2D eigenvalue weighted by Crippen LogP contribution is 2.28. The van der Waals surface area contributed by atoms with Gasteiger partial charge >= 0.3 is 11.9 Å². The third-order valence-corrected chi connectivity index (χ3v) is 5.30. The van der Waals surface area contributed by atoms with Gasteiger partial charge in [0.15, 0.2) is 0 Å². The number of benzene rings is 3. The number of fused-ring (bicyclic) bond motifs is 1. The van der Waals surface area contributed by atoms with Crippen LogP contribution in [-0.4, -0.2) is 24.0 Å². The van der Waals surface area contributed by atoms with Crippen molar-refractivity contribution in [3.8, 4) is 11.3 Å². The topological polar surface area (TPSA) is 65.5 Å². The first-order valence-corrected chi connectivity index (χ1v) is 10.3. The van der Waals surface area contributed by atoms with Crippen molar-refractivity contribution in [1.82, 2.24) is 4.98 Å². The summed E-state index contributed by atoms with van der Waals surface area (Å²) in [6.07, 6.45) is 0. The summed E-state index contributed by atoms with van der Waals surface area (Å²) in [7, 11) is 1.33. The monoisotopic (exact) mass is 475 g/mol. The lowest BCUT2D eigenvalue weighted by atomic mass is 10.0. The lowest BCUT2D eigenvalue weighted by molar-refractivity contribution is 0.0473. The molecule has 0 unspecified atom stereocenters. The van der Waals surface area contributed by atoms with Gasteiger partial charge in [0.25, 0.3) is 0 Å². The Kier molecular flexibility index (Phi) is 6.09. The van der Waals surface area contributed by atoms with Crippen LogP contribution in [0.15, 0.2) is 83.3 Å². The average Bonchev–Trinajstić information content (AvgIpc) is 2.82. The van der Waals surface area contributed by atoms with Gasteiger partial charge in [0.1, 0.15) is 6.61 Å². The largest absolute Gasteiger partial charge is 0.465 e. The molecule has 154 valence electrons. The van der Waals surface area contributed by atoms with E-state index in [0.29, 0.717) is 27.7 Å². The lowest BCUT2D eigenvalue weighted by Gasteiger charge is -2.11. The van der Waals surface area contributed by atoms with Crippen molar-refractivity contribution < 1.29 is 19.1 Å². The Balaban J connectivity index is 1.63. The van der Waals surface area contributed by atoms with Crippen LogP contribution in [0.5, 0.6) is 0 Å². The second-order valence-corrected chi connectivity index (χ2v) is 7.76. The van der Waals surface area contributed by atoms with Crippen LogP contribution in [-0.2, 0) is 16.1 Å². The number of pyridine rings is 1. The van der Waals surface area contributed by atoms with Crippen molar-refractivity contribution in [3.63, 3.8) is 0 Å². The van der Waals surface area contributed by atoms with E-state index >= 15 is 0 Å². The molecule has 0 spiro atoms. The molecule has 0 saturated heterocycles. The van der Waals surface area contributed by atoms with Gasteiger partial charge in [-0.15, -0.1) is 0 Å². The summed E-state index contributed by atoms with van der Waals surface area (Å²) in [5.41, 5.74) is 3.97. The van der Waals surface area contributed by atoms with E-state index in [4.69, 9.17) is 14.5 Å². The van der Waals surface area contributed by atoms with Crippen LogP contribution in [0, 0.1) is 0 Å². The molecule has 0 fully saturated rings. The Labute approximate surface area is 187 Å². The smallest absolute Gasteiger partial charge is 0.339 e. The molecule has 0 aliphatic rings.